The number of methoxy groups -OCH3 is 1. The standard InChI is InChI=1S/C23H19BrN2O4/c1-28-17-6-8-18(9-7-17)30-22-13-25-26-23(22)20-11-10-19(12-21(20)27)29-14-15-2-4-16(24)5-3-15/h2-13,27H,14H2,1H3,(H,25,26). The maximum absolute atomic E-state index is 10.5. The highest BCUT2D eigenvalue weighted by Gasteiger charge is 2.15. The van der Waals surface area contributed by atoms with Crippen LogP contribution < -0.4 is 14.2 Å². The van der Waals surface area contributed by atoms with Crippen molar-refractivity contribution in [1.82, 2.24) is 10.2 Å². The van der Waals surface area contributed by atoms with Crippen LogP contribution in [0.15, 0.2) is 77.4 Å². The van der Waals surface area contributed by atoms with E-state index >= 15 is 0 Å². The van der Waals surface area contributed by atoms with Gasteiger partial charge in [-0.25, -0.2) is 0 Å². The Kier molecular flexibility index (Phi) is 5.90. The Morgan fingerprint density at radius 2 is 1.63 bits per heavy atom. The van der Waals surface area contributed by atoms with Crippen LogP contribution in [0.5, 0.6) is 28.7 Å². The van der Waals surface area contributed by atoms with Gasteiger partial charge in [-0.1, -0.05) is 28.1 Å². The van der Waals surface area contributed by atoms with Crippen LogP contribution in [0.25, 0.3) is 11.3 Å². The molecule has 0 unspecified atom stereocenters. The van der Waals surface area contributed by atoms with Crippen molar-refractivity contribution in [2.75, 3.05) is 7.11 Å². The predicted octanol–water partition coefficient (Wildman–Crippen LogP) is 5.92. The van der Waals surface area contributed by atoms with Crippen LogP contribution in [0.2, 0.25) is 0 Å². The SMILES string of the molecule is COc1ccc(Oc2cn[nH]c2-c2ccc(OCc3ccc(Br)cc3)cc2O)cc1. The highest BCUT2D eigenvalue weighted by Crippen LogP contribution is 2.38. The first-order valence-electron chi connectivity index (χ1n) is 9.18. The van der Waals surface area contributed by atoms with Gasteiger partial charge in [-0.2, -0.15) is 5.10 Å². The van der Waals surface area contributed by atoms with Crippen LogP contribution in [-0.4, -0.2) is 22.4 Å². The molecule has 1 heterocycles. The van der Waals surface area contributed by atoms with Crippen molar-refractivity contribution in [3.8, 4) is 40.0 Å². The molecule has 0 amide bonds. The summed E-state index contributed by atoms with van der Waals surface area (Å²) in [6.07, 6.45) is 1.57. The highest BCUT2D eigenvalue weighted by atomic mass is 79.9. The second kappa shape index (κ2) is 8.92. The molecule has 4 rings (SSSR count). The third kappa shape index (κ3) is 4.58. The maximum atomic E-state index is 10.5. The molecule has 30 heavy (non-hydrogen) atoms. The molecule has 0 aliphatic rings. The van der Waals surface area contributed by atoms with E-state index in [0.29, 0.717) is 35.1 Å². The molecule has 152 valence electrons. The summed E-state index contributed by atoms with van der Waals surface area (Å²) in [5.74, 6) is 2.50. The van der Waals surface area contributed by atoms with E-state index in [1.54, 1.807) is 43.6 Å². The molecule has 2 N–H and O–H groups in total. The van der Waals surface area contributed by atoms with Crippen molar-refractivity contribution in [3.05, 3.63) is 83.0 Å². The molecule has 0 saturated carbocycles. The number of hydrogen-bond acceptors (Lipinski definition) is 5. The zero-order valence-electron chi connectivity index (χ0n) is 16.1. The molecule has 0 radical (unpaired) electrons. The number of aromatic nitrogens is 2. The Morgan fingerprint density at radius 1 is 0.933 bits per heavy atom. The molecular weight excluding hydrogens is 448 g/mol. The summed E-state index contributed by atoms with van der Waals surface area (Å²) in [6.45, 7) is 0.405. The molecule has 0 atom stereocenters. The summed E-state index contributed by atoms with van der Waals surface area (Å²) in [5, 5.41) is 17.5. The summed E-state index contributed by atoms with van der Waals surface area (Å²) in [7, 11) is 1.61. The Balaban J connectivity index is 1.49. The second-order valence-corrected chi connectivity index (χ2v) is 7.40. The number of halogens is 1. The Labute approximate surface area is 182 Å². The number of aromatic amines is 1. The van der Waals surface area contributed by atoms with E-state index in [2.05, 4.69) is 26.1 Å². The van der Waals surface area contributed by atoms with Gasteiger partial charge in [0.25, 0.3) is 0 Å². The normalized spacial score (nSPS) is 10.6. The van der Waals surface area contributed by atoms with E-state index in [1.807, 2.05) is 36.4 Å². The van der Waals surface area contributed by atoms with Gasteiger partial charge in [0.1, 0.15) is 35.3 Å². The van der Waals surface area contributed by atoms with E-state index in [0.717, 1.165) is 15.8 Å². The summed E-state index contributed by atoms with van der Waals surface area (Å²) in [6, 6.07) is 20.2. The molecule has 0 spiro atoms. The number of hydrogen-bond donors (Lipinski definition) is 2. The lowest BCUT2D eigenvalue weighted by Gasteiger charge is -2.11. The molecular formula is C23H19BrN2O4. The summed E-state index contributed by atoms with van der Waals surface area (Å²) in [5.41, 5.74) is 2.17. The number of benzene rings is 3. The minimum Gasteiger partial charge on any atom is -0.507 e. The smallest absolute Gasteiger partial charge is 0.173 e. The van der Waals surface area contributed by atoms with E-state index in [4.69, 9.17) is 14.2 Å². The molecule has 0 fully saturated rings. The predicted molar refractivity (Wildman–Crippen MR) is 117 cm³/mol. The first-order chi connectivity index (χ1) is 14.6. The van der Waals surface area contributed by atoms with Crippen molar-refractivity contribution in [1.29, 1.82) is 0 Å². The van der Waals surface area contributed by atoms with Crippen molar-refractivity contribution >= 4 is 15.9 Å². The van der Waals surface area contributed by atoms with Crippen LogP contribution in [0, 0.1) is 0 Å². The number of aromatic hydroxyl groups is 1. The van der Waals surface area contributed by atoms with Gasteiger partial charge in [-0.3, -0.25) is 5.10 Å². The number of phenols is 1. The lowest BCUT2D eigenvalue weighted by Crippen LogP contribution is -1.95. The quantitative estimate of drug-likeness (QED) is 0.353. The van der Waals surface area contributed by atoms with Gasteiger partial charge in [-0.15, -0.1) is 0 Å². The zero-order chi connectivity index (χ0) is 20.9. The summed E-state index contributed by atoms with van der Waals surface area (Å²) in [4.78, 5) is 0. The lowest BCUT2D eigenvalue weighted by molar-refractivity contribution is 0.304. The fraction of sp³-hybridized carbons (Fsp3) is 0.0870. The number of nitrogens with zero attached hydrogens (tertiary/aromatic N) is 1. The Hall–Kier alpha value is -3.45. The van der Waals surface area contributed by atoms with Crippen molar-refractivity contribution in [2.24, 2.45) is 0 Å². The average Bonchev–Trinajstić information content (AvgIpc) is 3.22. The largest absolute Gasteiger partial charge is 0.507 e. The Morgan fingerprint density at radius 3 is 2.33 bits per heavy atom. The average molecular weight is 467 g/mol. The second-order valence-electron chi connectivity index (χ2n) is 6.48. The zero-order valence-corrected chi connectivity index (χ0v) is 17.7. The topological polar surface area (TPSA) is 76.6 Å². The van der Waals surface area contributed by atoms with E-state index in [1.165, 1.54) is 0 Å². The molecule has 6 nitrogen and oxygen atoms in total. The van der Waals surface area contributed by atoms with Gasteiger partial charge in [0, 0.05) is 16.1 Å². The third-order valence-corrected chi connectivity index (χ3v) is 4.98. The van der Waals surface area contributed by atoms with Gasteiger partial charge < -0.3 is 19.3 Å². The molecule has 0 aliphatic carbocycles. The molecule has 0 aliphatic heterocycles. The number of rotatable bonds is 7. The minimum atomic E-state index is 0.0622. The van der Waals surface area contributed by atoms with Crippen molar-refractivity contribution in [2.45, 2.75) is 6.61 Å². The van der Waals surface area contributed by atoms with Gasteiger partial charge in [0.2, 0.25) is 0 Å². The monoisotopic (exact) mass is 466 g/mol. The first-order valence-corrected chi connectivity index (χ1v) is 9.97. The molecule has 4 aromatic rings. The fourth-order valence-electron chi connectivity index (χ4n) is 2.88. The van der Waals surface area contributed by atoms with Gasteiger partial charge >= 0.3 is 0 Å². The van der Waals surface area contributed by atoms with E-state index in [-0.39, 0.29) is 5.75 Å². The molecule has 0 bridgehead atoms. The van der Waals surface area contributed by atoms with E-state index < -0.39 is 0 Å². The van der Waals surface area contributed by atoms with E-state index in [9.17, 15) is 5.11 Å². The van der Waals surface area contributed by atoms with Gasteiger partial charge in [0.15, 0.2) is 5.75 Å². The van der Waals surface area contributed by atoms with Crippen molar-refractivity contribution in [3.63, 3.8) is 0 Å². The third-order valence-electron chi connectivity index (χ3n) is 4.45. The van der Waals surface area contributed by atoms with Gasteiger partial charge in [-0.05, 0) is 54.1 Å². The molecule has 7 heteroatoms. The van der Waals surface area contributed by atoms with Gasteiger partial charge in [0.05, 0.1) is 13.3 Å². The molecule has 1 aromatic heterocycles. The van der Waals surface area contributed by atoms with Crippen LogP contribution in [0.4, 0.5) is 0 Å². The lowest BCUT2D eigenvalue weighted by atomic mass is 10.1. The minimum absolute atomic E-state index is 0.0622. The van der Waals surface area contributed by atoms with Crippen molar-refractivity contribution < 1.29 is 19.3 Å². The Bertz CT molecular complexity index is 1120. The van der Waals surface area contributed by atoms with Crippen LogP contribution in [-0.2, 0) is 6.61 Å². The number of ether oxygens (including phenoxy) is 3. The van der Waals surface area contributed by atoms with Crippen LogP contribution in [0.1, 0.15) is 5.56 Å². The first kappa shape index (κ1) is 19.8. The number of nitrogens with one attached hydrogen (secondary N) is 1. The molecule has 0 saturated heterocycles. The summed E-state index contributed by atoms with van der Waals surface area (Å²) < 4.78 is 17.9. The number of H-pyrrole nitrogens is 1. The molecule has 3 aromatic carbocycles. The maximum Gasteiger partial charge on any atom is 0.173 e. The highest BCUT2D eigenvalue weighted by molar-refractivity contribution is 9.10. The van der Waals surface area contributed by atoms with Crippen LogP contribution >= 0.6 is 15.9 Å². The fourth-order valence-corrected chi connectivity index (χ4v) is 3.14. The van der Waals surface area contributed by atoms with Crippen LogP contribution in [0.3, 0.4) is 0 Å². The number of phenolic OH excluding ortho intramolecular Hbond substituents is 1. The summed E-state index contributed by atoms with van der Waals surface area (Å²) >= 11 is 3.41.